The summed E-state index contributed by atoms with van der Waals surface area (Å²) in [5.41, 5.74) is 1.69. The van der Waals surface area contributed by atoms with Crippen LogP contribution in [0.1, 0.15) is 11.3 Å². The molecule has 6 heteroatoms. The van der Waals surface area contributed by atoms with Crippen LogP contribution >= 0.6 is 0 Å². The van der Waals surface area contributed by atoms with Crippen LogP contribution in [0.5, 0.6) is 0 Å². The molecule has 0 aromatic carbocycles. The molecule has 2 rings (SSSR count). The summed E-state index contributed by atoms with van der Waals surface area (Å²) >= 11 is 0. The van der Waals surface area contributed by atoms with Crippen LogP contribution in [0.15, 0.2) is 54.5 Å². The molecule has 0 atom stereocenters. The zero-order chi connectivity index (χ0) is 15.8. The van der Waals surface area contributed by atoms with Crippen molar-refractivity contribution in [2.45, 2.75) is 13.5 Å². The summed E-state index contributed by atoms with van der Waals surface area (Å²) in [6.45, 7) is 2.18. The minimum absolute atomic E-state index is 0.0211. The third kappa shape index (κ3) is 4.42. The van der Waals surface area contributed by atoms with Crippen LogP contribution in [0.4, 0.5) is 5.82 Å². The maximum atomic E-state index is 12.0. The maximum Gasteiger partial charge on any atom is 0.263 e. The Morgan fingerprint density at radius 2 is 2.23 bits per heavy atom. The first-order valence-corrected chi connectivity index (χ1v) is 6.66. The Morgan fingerprint density at radius 3 is 2.91 bits per heavy atom. The fourth-order valence-electron chi connectivity index (χ4n) is 1.70. The number of hydrogen-bond acceptors (Lipinski definition) is 5. The fraction of sp³-hybridized carbons (Fsp3) is 0.125. The Kier molecular flexibility index (Phi) is 5.21. The lowest BCUT2D eigenvalue weighted by Gasteiger charge is -2.05. The van der Waals surface area contributed by atoms with E-state index in [0.717, 1.165) is 11.3 Å². The van der Waals surface area contributed by atoms with Gasteiger partial charge in [-0.25, -0.2) is 4.98 Å². The highest BCUT2D eigenvalue weighted by atomic mass is 16.1. The van der Waals surface area contributed by atoms with E-state index in [1.54, 1.807) is 24.5 Å². The molecule has 0 spiro atoms. The smallest absolute Gasteiger partial charge is 0.263 e. The molecule has 110 valence electrons. The van der Waals surface area contributed by atoms with Crippen molar-refractivity contribution >= 4 is 11.7 Å². The average Bonchev–Trinajstić information content (AvgIpc) is 2.54. The van der Waals surface area contributed by atoms with E-state index in [2.05, 4.69) is 20.6 Å². The van der Waals surface area contributed by atoms with E-state index in [-0.39, 0.29) is 5.57 Å². The molecule has 2 aromatic heterocycles. The third-order valence-electron chi connectivity index (χ3n) is 2.79. The normalized spacial score (nSPS) is 10.6. The van der Waals surface area contributed by atoms with Crippen LogP contribution < -0.4 is 10.6 Å². The molecule has 2 N–H and O–H groups in total. The van der Waals surface area contributed by atoms with Crippen molar-refractivity contribution in [3.63, 3.8) is 0 Å². The molecular weight excluding hydrogens is 278 g/mol. The summed E-state index contributed by atoms with van der Waals surface area (Å²) < 4.78 is 0. The van der Waals surface area contributed by atoms with Crippen molar-refractivity contribution in [2.75, 3.05) is 5.32 Å². The molecule has 0 bridgehead atoms. The first-order chi connectivity index (χ1) is 10.7. The highest BCUT2D eigenvalue weighted by Gasteiger charge is 2.08. The molecule has 0 aliphatic carbocycles. The third-order valence-corrected chi connectivity index (χ3v) is 2.79. The van der Waals surface area contributed by atoms with Gasteiger partial charge in [0.1, 0.15) is 17.5 Å². The molecule has 0 aliphatic rings. The summed E-state index contributed by atoms with van der Waals surface area (Å²) in [5.74, 6) is 0.124. The van der Waals surface area contributed by atoms with E-state index < -0.39 is 5.91 Å². The quantitative estimate of drug-likeness (QED) is 0.649. The van der Waals surface area contributed by atoms with Gasteiger partial charge in [-0.15, -0.1) is 0 Å². The number of anilines is 1. The van der Waals surface area contributed by atoms with Gasteiger partial charge in [0.05, 0.1) is 0 Å². The number of aromatic nitrogens is 2. The SMILES string of the molecule is Cc1cccc(N/C=C(/C#N)C(=O)NCc2cccnc2)n1. The second-order valence-corrected chi connectivity index (χ2v) is 4.52. The molecule has 0 aliphatic heterocycles. The van der Waals surface area contributed by atoms with Crippen LogP contribution in [0.3, 0.4) is 0 Å². The van der Waals surface area contributed by atoms with Crippen molar-refractivity contribution in [1.82, 2.24) is 15.3 Å². The van der Waals surface area contributed by atoms with Crippen molar-refractivity contribution in [3.05, 3.63) is 65.8 Å². The van der Waals surface area contributed by atoms with Crippen LogP contribution in [-0.2, 0) is 11.3 Å². The number of nitrogens with one attached hydrogen (secondary N) is 2. The number of pyridine rings is 2. The minimum atomic E-state index is -0.452. The highest BCUT2D eigenvalue weighted by molar-refractivity contribution is 5.97. The molecule has 0 unspecified atom stereocenters. The number of rotatable bonds is 5. The van der Waals surface area contributed by atoms with E-state index in [4.69, 9.17) is 5.26 Å². The molecular formula is C16H15N5O. The lowest BCUT2D eigenvalue weighted by atomic mass is 10.2. The Morgan fingerprint density at radius 1 is 1.36 bits per heavy atom. The van der Waals surface area contributed by atoms with Gasteiger partial charge >= 0.3 is 0 Å². The number of carbonyl (C=O) groups is 1. The first kappa shape index (κ1) is 15.2. The van der Waals surface area contributed by atoms with E-state index in [9.17, 15) is 4.79 Å². The Labute approximate surface area is 128 Å². The van der Waals surface area contributed by atoms with Gasteiger partial charge in [-0.3, -0.25) is 9.78 Å². The molecule has 0 radical (unpaired) electrons. The van der Waals surface area contributed by atoms with Crippen molar-refractivity contribution in [2.24, 2.45) is 0 Å². The maximum absolute atomic E-state index is 12.0. The topological polar surface area (TPSA) is 90.7 Å². The number of aryl methyl sites for hydroxylation is 1. The molecule has 6 nitrogen and oxygen atoms in total. The number of nitriles is 1. The zero-order valence-electron chi connectivity index (χ0n) is 12.1. The number of hydrogen-bond donors (Lipinski definition) is 2. The summed E-state index contributed by atoms with van der Waals surface area (Å²) in [7, 11) is 0. The lowest BCUT2D eigenvalue weighted by molar-refractivity contribution is -0.117. The van der Waals surface area contributed by atoms with Crippen molar-refractivity contribution in [1.29, 1.82) is 5.26 Å². The van der Waals surface area contributed by atoms with Gasteiger partial charge in [0.25, 0.3) is 5.91 Å². The van der Waals surface area contributed by atoms with E-state index in [1.165, 1.54) is 6.20 Å². The highest BCUT2D eigenvalue weighted by Crippen LogP contribution is 2.05. The van der Waals surface area contributed by atoms with Crippen LogP contribution in [0.25, 0.3) is 0 Å². The first-order valence-electron chi connectivity index (χ1n) is 6.66. The van der Waals surface area contributed by atoms with Crippen molar-refractivity contribution in [3.8, 4) is 6.07 Å². The second-order valence-electron chi connectivity index (χ2n) is 4.52. The minimum Gasteiger partial charge on any atom is -0.347 e. The molecule has 0 fully saturated rings. The zero-order valence-corrected chi connectivity index (χ0v) is 12.1. The Bertz CT molecular complexity index is 719. The molecule has 0 saturated carbocycles. The molecule has 2 heterocycles. The molecule has 1 amide bonds. The molecule has 2 aromatic rings. The number of amides is 1. The monoisotopic (exact) mass is 293 g/mol. The number of nitrogens with zero attached hydrogens (tertiary/aromatic N) is 3. The summed E-state index contributed by atoms with van der Waals surface area (Å²) in [5, 5.41) is 14.6. The average molecular weight is 293 g/mol. The fourth-order valence-corrected chi connectivity index (χ4v) is 1.70. The van der Waals surface area contributed by atoms with Gasteiger partial charge in [0.2, 0.25) is 0 Å². The van der Waals surface area contributed by atoms with E-state index >= 15 is 0 Å². The van der Waals surface area contributed by atoms with Gasteiger partial charge in [-0.1, -0.05) is 12.1 Å². The van der Waals surface area contributed by atoms with E-state index in [1.807, 2.05) is 31.2 Å². The Balaban J connectivity index is 1.97. The summed E-state index contributed by atoms with van der Waals surface area (Å²) in [6, 6.07) is 11.0. The lowest BCUT2D eigenvalue weighted by Crippen LogP contribution is -2.24. The van der Waals surface area contributed by atoms with E-state index in [0.29, 0.717) is 12.4 Å². The van der Waals surface area contributed by atoms with Gasteiger partial charge in [-0.2, -0.15) is 5.26 Å². The second kappa shape index (κ2) is 7.55. The van der Waals surface area contributed by atoms with Crippen LogP contribution in [0, 0.1) is 18.3 Å². The van der Waals surface area contributed by atoms with Crippen LogP contribution in [0.2, 0.25) is 0 Å². The van der Waals surface area contributed by atoms with Gasteiger partial charge < -0.3 is 10.6 Å². The summed E-state index contributed by atoms with van der Waals surface area (Å²) in [6.07, 6.45) is 4.66. The number of carbonyl (C=O) groups excluding carboxylic acids is 1. The van der Waals surface area contributed by atoms with Gasteiger partial charge in [0, 0.05) is 30.8 Å². The summed E-state index contributed by atoms with van der Waals surface area (Å²) in [4.78, 5) is 20.1. The molecule has 0 saturated heterocycles. The predicted molar refractivity (Wildman–Crippen MR) is 82.4 cm³/mol. The molecule has 22 heavy (non-hydrogen) atoms. The largest absolute Gasteiger partial charge is 0.347 e. The standard InChI is InChI=1S/C16H15N5O/c1-12-4-2-6-15(21-12)19-11-14(8-17)16(22)20-10-13-5-3-7-18-9-13/h2-7,9,11H,10H2,1H3,(H,19,21)(H,20,22)/b14-11-. The van der Waals surface area contributed by atoms with Gasteiger partial charge in [0.15, 0.2) is 0 Å². The van der Waals surface area contributed by atoms with Gasteiger partial charge in [-0.05, 0) is 30.7 Å². The predicted octanol–water partition coefficient (Wildman–Crippen LogP) is 1.92. The Hall–Kier alpha value is -3.20. The van der Waals surface area contributed by atoms with Crippen molar-refractivity contribution < 1.29 is 4.79 Å². The van der Waals surface area contributed by atoms with Crippen LogP contribution in [-0.4, -0.2) is 15.9 Å².